The van der Waals surface area contributed by atoms with Gasteiger partial charge in [-0.1, -0.05) is 0 Å². The van der Waals surface area contributed by atoms with Crippen LogP contribution in [0.25, 0.3) is 0 Å². The van der Waals surface area contributed by atoms with Crippen molar-refractivity contribution in [3.8, 4) is 0 Å². The summed E-state index contributed by atoms with van der Waals surface area (Å²) in [5, 5.41) is 8.66. The number of alkyl halides is 3. The Bertz CT molecular complexity index is 1130. The van der Waals surface area contributed by atoms with Crippen molar-refractivity contribution >= 4 is 6.03 Å². The lowest BCUT2D eigenvalue weighted by Gasteiger charge is -2.63. The third-order valence-electron chi connectivity index (χ3n) is 8.81. The highest BCUT2D eigenvalue weighted by molar-refractivity contribution is 5.77. The topological polar surface area (TPSA) is 90.9 Å². The molecular formula is C24H28F3N7O. The molecule has 0 atom stereocenters. The predicted molar refractivity (Wildman–Crippen MR) is 117 cm³/mol. The molecule has 3 saturated carbocycles. The highest BCUT2D eigenvalue weighted by atomic mass is 19.4. The summed E-state index contributed by atoms with van der Waals surface area (Å²) in [6.45, 7) is 3.25. The van der Waals surface area contributed by atoms with Crippen LogP contribution in [0.5, 0.6) is 0 Å². The van der Waals surface area contributed by atoms with Crippen LogP contribution in [0.2, 0.25) is 0 Å². The van der Waals surface area contributed by atoms with Gasteiger partial charge in [-0.15, -0.1) is 10.2 Å². The first-order valence-corrected chi connectivity index (χ1v) is 12.5. The van der Waals surface area contributed by atoms with E-state index in [1.165, 1.54) is 19.0 Å². The summed E-state index contributed by atoms with van der Waals surface area (Å²) in [6.07, 6.45) is 4.81. The van der Waals surface area contributed by atoms with Gasteiger partial charge < -0.3 is 14.8 Å². The number of aromatic nitrogens is 5. The van der Waals surface area contributed by atoms with Crippen molar-refractivity contribution in [3.05, 3.63) is 35.4 Å². The molecule has 2 aliphatic heterocycles. The van der Waals surface area contributed by atoms with E-state index in [-0.39, 0.29) is 16.9 Å². The first-order valence-electron chi connectivity index (χ1n) is 12.5. The second-order valence-electron chi connectivity index (χ2n) is 11.8. The van der Waals surface area contributed by atoms with Crippen LogP contribution in [-0.4, -0.2) is 67.2 Å². The van der Waals surface area contributed by atoms with Crippen LogP contribution in [0.3, 0.4) is 0 Å². The number of halogens is 3. The van der Waals surface area contributed by atoms with Crippen LogP contribution in [0.1, 0.15) is 73.4 Å². The van der Waals surface area contributed by atoms with Gasteiger partial charge in [0.2, 0.25) is 0 Å². The average Bonchev–Trinajstić information content (AvgIpc) is 3.44. The Morgan fingerprint density at radius 3 is 2.06 bits per heavy atom. The zero-order chi connectivity index (χ0) is 24.0. The van der Waals surface area contributed by atoms with Gasteiger partial charge in [0.05, 0.1) is 11.9 Å². The number of hydrogen-bond donors (Lipinski definition) is 1. The highest BCUT2D eigenvalue weighted by Crippen LogP contribution is 2.57. The molecule has 2 aromatic rings. The lowest BCUT2D eigenvalue weighted by molar-refractivity contribution is -0.141. The number of urea groups is 1. The predicted octanol–water partition coefficient (Wildman–Crippen LogP) is 3.75. The number of likely N-dealkylation sites (tertiary alicyclic amines) is 2. The molecule has 2 amide bonds. The number of carbonyl (C=O) groups is 1. The number of amides is 2. The second kappa shape index (κ2) is 7.16. The van der Waals surface area contributed by atoms with Gasteiger partial charge in [0.1, 0.15) is 11.6 Å². The normalized spacial score (nSPS) is 25.2. The fourth-order valence-corrected chi connectivity index (χ4v) is 6.92. The number of nitrogens with zero attached hydrogens (tertiary/aromatic N) is 6. The zero-order valence-electron chi connectivity index (χ0n) is 19.4. The van der Waals surface area contributed by atoms with Crippen molar-refractivity contribution in [1.29, 1.82) is 0 Å². The summed E-state index contributed by atoms with van der Waals surface area (Å²) < 4.78 is 37.9. The average molecular weight is 488 g/mol. The van der Waals surface area contributed by atoms with E-state index in [0.29, 0.717) is 29.9 Å². The van der Waals surface area contributed by atoms with E-state index in [1.54, 1.807) is 0 Å². The van der Waals surface area contributed by atoms with Gasteiger partial charge in [-0.25, -0.2) is 9.78 Å². The smallest absolute Gasteiger partial charge is 0.328 e. The molecule has 0 unspecified atom stereocenters. The van der Waals surface area contributed by atoms with E-state index in [9.17, 15) is 18.0 Å². The summed E-state index contributed by atoms with van der Waals surface area (Å²) in [7, 11) is 0. The molecule has 5 fully saturated rings. The van der Waals surface area contributed by atoms with E-state index in [2.05, 4.69) is 25.1 Å². The minimum Gasteiger partial charge on any atom is -0.328 e. The maximum absolute atomic E-state index is 12.9. The summed E-state index contributed by atoms with van der Waals surface area (Å²) in [5.41, 5.74) is 0.101. The molecule has 11 heteroatoms. The summed E-state index contributed by atoms with van der Waals surface area (Å²) in [6, 6.07) is 0.150. The number of aromatic amines is 1. The molecule has 8 nitrogen and oxygen atoms in total. The summed E-state index contributed by atoms with van der Waals surface area (Å²) in [5.74, 6) is 3.50. The van der Waals surface area contributed by atoms with Gasteiger partial charge in [-0.3, -0.25) is 4.98 Å². The quantitative estimate of drug-likeness (QED) is 0.710. The second-order valence-corrected chi connectivity index (χ2v) is 11.8. The first-order chi connectivity index (χ1) is 16.7. The molecular weight excluding hydrogens is 459 g/mol. The zero-order valence-corrected chi connectivity index (χ0v) is 19.4. The summed E-state index contributed by atoms with van der Waals surface area (Å²) in [4.78, 5) is 27.7. The molecule has 2 spiro atoms. The lowest BCUT2D eigenvalue weighted by atomic mass is 9.56. The van der Waals surface area contributed by atoms with Crippen molar-refractivity contribution < 1.29 is 18.0 Å². The third-order valence-corrected chi connectivity index (χ3v) is 8.81. The Hall–Kier alpha value is -2.72. The van der Waals surface area contributed by atoms with Gasteiger partial charge in [0, 0.05) is 55.0 Å². The molecule has 0 aromatic carbocycles. The van der Waals surface area contributed by atoms with E-state index < -0.39 is 11.9 Å². The highest BCUT2D eigenvalue weighted by Gasteiger charge is 2.58. The van der Waals surface area contributed by atoms with Gasteiger partial charge >= 0.3 is 12.2 Å². The molecule has 186 valence electrons. The molecule has 4 heterocycles. The standard InChI is InChI=1S/C24H28F3N7O/c25-24(26,27)18-9-28-17(8-29-18)3-14-4-22(5-14)10-33(11-22)21(35)34-12-23(13-34)6-16(7-23)20-30-19(31-32-20)15-1-2-15/h8-9,14-16H,1-7,10-13H2,(H,30,31,32). The molecule has 5 aliphatic rings. The lowest BCUT2D eigenvalue weighted by Crippen LogP contribution is -2.71. The van der Waals surface area contributed by atoms with Gasteiger partial charge in [-0.2, -0.15) is 13.2 Å². The number of hydrogen-bond acceptors (Lipinski definition) is 5. The molecule has 0 bridgehead atoms. The SMILES string of the molecule is O=C(N1CC2(CC(Cc3cnc(C(F)(F)F)cn3)C2)C1)N1CC2(CC(c3nnc(C4CC4)[nH]3)C2)C1. The van der Waals surface area contributed by atoms with Crippen LogP contribution in [0.15, 0.2) is 12.4 Å². The maximum Gasteiger partial charge on any atom is 0.434 e. The molecule has 1 N–H and O–H groups in total. The monoisotopic (exact) mass is 487 g/mol. The van der Waals surface area contributed by atoms with E-state index in [0.717, 1.165) is 69.7 Å². The van der Waals surface area contributed by atoms with Crippen molar-refractivity contribution in [1.82, 2.24) is 34.9 Å². The van der Waals surface area contributed by atoms with E-state index in [1.807, 2.05) is 9.80 Å². The molecule has 35 heavy (non-hydrogen) atoms. The van der Waals surface area contributed by atoms with Gasteiger partial charge in [0.25, 0.3) is 0 Å². The van der Waals surface area contributed by atoms with Gasteiger partial charge in [0.15, 0.2) is 5.69 Å². The van der Waals surface area contributed by atoms with Crippen LogP contribution >= 0.6 is 0 Å². The molecule has 2 aromatic heterocycles. The maximum atomic E-state index is 12.9. The molecule has 0 radical (unpaired) electrons. The van der Waals surface area contributed by atoms with Crippen LogP contribution in [0.4, 0.5) is 18.0 Å². The van der Waals surface area contributed by atoms with Crippen molar-refractivity contribution in [2.45, 2.75) is 63.0 Å². The minimum absolute atomic E-state index is 0.150. The Morgan fingerprint density at radius 1 is 0.914 bits per heavy atom. The minimum atomic E-state index is -4.46. The first kappa shape index (κ1) is 21.6. The fourth-order valence-electron chi connectivity index (χ4n) is 6.92. The molecule has 7 rings (SSSR count). The number of H-pyrrole nitrogens is 1. The third kappa shape index (κ3) is 3.69. The number of nitrogens with one attached hydrogen (secondary N) is 1. The van der Waals surface area contributed by atoms with Crippen LogP contribution < -0.4 is 0 Å². The summed E-state index contributed by atoms with van der Waals surface area (Å²) >= 11 is 0. The van der Waals surface area contributed by atoms with Crippen LogP contribution in [-0.2, 0) is 12.6 Å². The Balaban J connectivity index is 0.840. The van der Waals surface area contributed by atoms with Crippen molar-refractivity contribution in [3.63, 3.8) is 0 Å². The van der Waals surface area contributed by atoms with Crippen molar-refractivity contribution in [2.75, 3.05) is 26.2 Å². The van der Waals surface area contributed by atoms with E-state index in [4.69, 9.17) is 0 Å². The molecule has 2 saturated heterocycles. The largest absolute Gasteiger partial charge is 0.434 e. The Labute approximate surface area is 200 Å². The van der Waals surface area contributed by atoms with Crippen LogP contribution in [0, 0.1) is 16.7 Å². The van der Waals surface area contributed by atoms with Gasteiger partial charge in [-0.05, 0) is 50.9 Å². The van der Waals surface area contributed by atoms with E-state index >= 15 is 0 Å². The number of carbonyl (C=O) groups excluding carboxylic acids is 1. The van der Waals surface area contributed by atoms with Crippen molar-refractivity contribution in [2.24, 2.45) is 16.7 Å². The fraction of sp³-hybridized carbons (Fsp3) is 0.708. The Morgan fingerprint density at radius 2 is 1.51 bits per heavy atom. The molecule has 3 aliphatic carbocycles. The number of rotatable bonds is 4. The Kier molecular flexibility index (Phi) is 4.41.